The van der Waals surface area contributed by atoms with Crippen molar-refractivity contribution in [2.24, 2.45) is 5.10 Å². The van der Waals surface area contributed by atoms with Crippen LogP contribution in [0.2, 0.25) is 0 Å². The summed E-state index contributed by atoms with van der Waals surface area (Å²) in [5.74, 6) is 0.385. The largest absolute Gasteiger partial charge is 0.465 e. The molecule has 0 amide bonds. The fourth-order valence-corrected chi connectivity index (χ4v) is 2.01. The monoisotopic (exact) mass is 318 g/mol. The maximum absolute atomic E-state index is 11.4. The van der Waals surface area contributed by atoms with Crippen molar-refractivity contribution in [3.8, 4) is 0 Å². The van der Waals surface area contributed by atoms with Crippen molar-refractivity contribution in [1.29, 1.82) is 0 Å². The fraction of sp³-hybridized carbons (Fsp3) is 0.333. The molecule has 2 aromatic rings. The minimum atomic E-state index is -0.365. The molecular weight excluding hydrogens is 300 g/mol. The van der Waals surface area contributed by atoms with E-state index in [1.807, 2.05) is 20.8 Å². The van der Waals surface area contributed by atoms with Crippen molar-refractivity contribution >= 4 is 24.4 Å². The first-order valence-electron chi connectivity index (χ1n) is 6.73. The second-order valence-electron chi connectivity index (χ2n) is 5.77. The molecule has 0 aliphatic heterocycles. The smallest absolute Gasteiger partial charge is 0.337 e. The van der Waals surface area contributed by atoms with E-state index in [1.54, 1.807) is 35.2 Å². The summed E-state index contributed by atoms with van der Waals surface area (Å²) in [6.45, 7) is 6.11. The number of nitrogens with one attached hydrogen (secondary N) is 1. The average Bonchev–Trinajstić information content (AvgIpc) is 2.86. The summed E-state index contributed by atoms with van der Waals surface area (Å²) in [4.78, 5) is 11.4. The number of benzene rings is 1. The van der Waals surface area contributed by atoms with Gasteiger partial charge in [0.25, 0.3) is 0 Å². The highest BCUT2D eigenvalue weighted by Gasteiger charge is 2.21. The minimum Gasteiger partial charge on any atom is -0.465 e. The van der Waals surface area contributed by atoms with E-state index in [-0.39, 0.29) is 11.4 Å². The molecule has 7 heteroatoms. The SMILES string of the molecule is COC(=O)c1ccc(/C=N\n2c(C(C)(C)C)n[nH]c2=S)cc1. The van der Waals surface area contributed by atoms with Crippen molar-refractivity contribution in [2.45, 2.75) is 26.2 Å². The van der Waals surface area contributed by atoms with Gasteiger partial charge in [0.1, 0.15) is 0 Å². The predicted octanol–water partition coefficient (Wildman–Crippen LogP) is 2.91. The zero-order valence-corrected chi connectivity index (χ0v) is 13.8. The standard InChI is InChI=1S/C15H18N4O2S/c1-15(2,3)13-17-18-14(22)19(13)16-9-10-5-7-11(8-6-10)12(20)21-4/h5-9H,1-4H3,(H,18,22)/b16-9-. The first-order valence-corrected chi connectivity index (χ1v) is 7.14. The summed E-state index contributed by atoms with van der Waals surface area (Å²) in [6, 6.07) is 6.95. The van der Waals surface area contributed by atoms with Crippen LogP contribution in [-0.2, 0) is 10.2 Å². The molecular formula is C15H18N4O2S. The number of methoxy groups -OCH3 is 1. The van der Waals surface area contributed by atoms with E-state index in [0.717, 1.165) is 11.4 Å². The Labute approximate surface area is 133 Å². The summed E-state index contributed by atoms with van der Waals surface area (Å²) in [5.41, 5.74) is 1.16. The van der Waals surface area contributed by atoms with Gasteiger partial charge in [0.15, 0.2) is 5.82 Å². The molecule has 116 valence electrons. The molecule has 0 fully saturated rings. The molecule has 0 unspecified atom stereocenters. The zero-order chi connectivity index (χ0) is 16.3. The van der Waals surface area contributed by atoms with Gasteiger partial charge in [0, 0.05) is 5.41 Å². The van der Waals surface area contributed by atoms with Gasteiger partial charge in [-0.15, -0.1) is 0 Å². The van der Waals surface area contributed by atoms with E-state index < -0.39 is 0 Å². The molecule has 0 radical (unpaired) electrons. The van der Waals surface area contributed by atoms with Crippen molar-refractivity contribution in [2.75, 3.05) is 7.11 Å². The topological polar surface area (TPSA) is 72.3 Å². The lowest BCUT2D eigenvalue weighted by molar-refractivity contribution is 0.0600. The van der Waals surface area contributed by atoms with Crippen LogP contribution in [-0.4, -0.2) is 34.2 Å². The molecule has 1 heterocycles. The zero-order valence-electron chi connectivity index (χ0n) is 13.0. The minimum absolute atomic E-state index is 0.181. The Morgan fingerprint density at radius 3 is 2.55 bits per heavy atom. The molecule has 0 aliphatic carbocycles. The Morgan fingerprint density at radius 1 is 1.36 bits per heavy atom. The van der Waals surface area contributed by atoms with Crippen LogP contribution in [0.5, 0.6) is 0 Å². The first kappa shape index (κ1) is 16.1. The normalized spacial score (nSPS) is 11.8. The molecule has 0 spiro atoms. The maximum Gasteiger partial charge on any atom is 0.337 e. The third-order valence-electron chi connectivity index (χ3n) is 2.98. The molecule has 1 aromatic heterocycles. The van der Waals surface area contributed by atoms with Gasteiger partial charge in [-0.1, -0.05) is 32.9 Å². The molecule has 2 rings (SSSR count). The summed E-state index contributed by atoms with van der Waals surface area (Å²) >= 11 is 5.20. The number of rotatable bonds is 3. The summed E-state index contributed by atoms with van der Waals surface area (Å²) in [5, 5.41) is 11.3. The molecule has 22 heavy (non-hydrogen) atoms. The Bertz CT molecular complexity index is 751. The number of H-pyrrole nitrogens is 1. The van der Waals surface area contributed by atoms with Crippen molar-refractivity contribution in [1.82, 2.24) is 14.9 Å². The number of hydrogen-bond acceptors (Lipinski definition) is 5. The molecule has 0 saturated carbocycles. The lowest BCUT2D eigenvalue weighted by Gasteiger charge is -2.15. The summed E-state index contributed by atoms with van der Waals surface area (Å²) < 4.78 is 6.70. The van der Waals surface area contributed by atoms with Crippen LogP contribution >= 0.6 is 12.2 Å². The number of aromatic amines is 1. The Balaban J connectivity index is 2.28. The van der Waals surface area contributed by atoms with Crippen LogP contribution in [0.25, 0.3) is 0 Å². The third-order valence-corrected chi connectivity index (χ3v) is 3.24. The Morgan fingerprint density at radius 2 is 2.00 bits per heavy atom. The highest BCUT2D eigenvalue weighted by molar-refractivity contribution is 7.71. The number of carbonyl (C=O) groups is 1. The van der Waals surface area contributed by atoms with Gasteiger partial charge >= 0.3 is 5.97 Å². The molecule has 1 N–H and O–H groups in total. The number of carbonyl (C=O) groups excluding carboxylic acids is 1. The van der Waals surface area contributed by atoms with Crippen LogP contribution in [0.15, 0.2) is 29.4 Å². The van der Waals surface area contributed by atoms with Gasteiger partial charge in [-0.3, -0.25) is 5.10 Å². The van der Waals surface area contributed by atoms with Crippen LogP contribution in [0.1, 0.15) is 42.5 Å². The van der Waals surface area contributed by atoms with Gasteiger partial charge in [0.2, 0.25) is 4.77 Å². The molecule has 0 saturated heterocycles. The van der Waals surface area contributed by atoms with Crippen LogP contribution in [0.3, 0.4) is 0 Å². The second-order valence-corrected chi connectivity index (χ2v) is 6.16. The van der Waals surface area contributed by atoms with E-state index >= 15 is 0 Å². The van der Waals surface area contributed by atoms with E-state index in [4.69, 9.17) is 12.2 Å². The van der Waals surface area contributed by atoms with Crippen molar-refractivity contribution in [3.63, 3.8) is 0 Å². The molecule has 0 atom stereocenters. The second kappa shape index (κ2) is 6.23. The highest BCUT2D eigenvalue weighted by atomic mass is 32.1. The van der Waals surface area contributed by atoms with Crippen LogP contribution < -0.4 is 0 Å². The Kier molecular flexibility index (Phi) is 4.56. The number of nitrogens with zero attached hydrogens (tertiary/aromatic N) is 3. The average molecular weight is 318 g/mol. The summed E-state index contributed by atoms with van der Waals surface area (Å²) in [6.07, 6.45) is 1.67. The van der Waals surface area contributed by atoms with Gasteiger partial charge in [0.05, 0.1) is 18.9 Å². The van der Waals surface area contributed by atoms with E-state index in [9.17, 15) is 4.79 Å². The predicted molar refractivity (Wildman–Crippen MR) is 86.9 cm³/mol. The number of ether oxygens (including phenoxy) is 1. The van der Waals surface area contributed by atoms with Crippen LogP contribution in [0.4, 0.5) is 0 Å². The van der Waals surface area contributed by atoms with Crippen molar-refractivity contribution < 1.29 is 9.53 Å². The first-order chi connectivity index (χ1) is 10.3. The molecule has 6 nitrogen and oxygen atoms in total. The van der Waals surface area contributed by atoms with Gasteiger partial charge in [-0.05, 0) is 29.9 Å². The quantitative estimate of drug-likeness (QED) is 0.536. The molecule has 0 aliphatic rings. The number of esters is 1. The summed E-state index contributed by atoms with van der Waals surface area (Å²) in [7, 11) is 1.35. The number of hydrogen-bond donors (Lipinski definition) is 1. The number of aromatic nitrogens is 3. The van der Waals surface area contributed by atoms with Gasteiger partial charge < -0.3 is 4.74 Å². The van der Waals surface area contributed by atoms with E-state index in [1.165, 1.54) is 7.11 Å². The van der Waals surface area contributed by atoms with E-state index in [2.05, 4.69) is 20.0 Å². The molecule has 1 aromatic carbocycles. The van der Waals surface area contributed by atoms with Gasteiger partial charge in [-0.2, -0.15) is 14.9 Å². The van der Waals surface area contributed by atoms with Crippen LogP contribution in [0, 0.1) is 4.77 Å². The maximum atomic E-state index is 11.4. The fourth-order valence-electron chi connectivity index (χ4n) is 1.83. The lowest BCUT2D eigenvalue weighted by Crippen LogP contribution is -2.17. The third kappa shape index (κ3) is 3.48. The molecule has 0 bridgehead atoms. The lowest BCUT2D eigenvalue weighted by atomic mass is 9.96. The van der Waals surface area contributed by atoms with Crippen molar-refractivity contribution in [3.05, 3.63) is 46.0 Å². The van der Waals surface area contributed by atoms with E-state index in [0.29, 0.717) is 10.3 Å². The highest BCUT2D eigenvalue weighted by Crippen LogP contribution is 2.19. The Hall–Kier alpha value is -2.28. The van der Waals surface area contributed by atoms with Gasteiger partial charge in [-0.25, -0.2) is 4.79 Å².